The molecule has 2 bridgehead atoms. The van der Waals surface area contributed by atoms with Crippen molar-refractivity contribution in [2.45, 2.75) is 49.9 Å². The molecule has 1 aromatic rings. The van der Waals surface area contributed by atoms with Crippen LogP contribution >= 0.6 is 0 Å². The van der Waals surface area contributed by atoms with Crippen molar-refractivity contribution in [3.05, 3.63) is 29.6 Å². The Kier molecular flexibility index (Phi) is 5.83. The predicted molar refractivity (Wildman–Crippen MR) is 114 cm³/mol. The van der Waals surface area contributed by atoms with E-state index in [1.807, 2.05) is 6.07 Å². The lowest BCUT2D eigenvalue weighted by Gasteiger charge is -2.44. The lowest BCUT2D eigenvalue weighted by molar-refractivity contribution is -0.124. The number of hydrogen-bond acceptors (Lipinski definition) is 6. The van der Waals surface area contributed by atoms with Crippen molar-refractivity contribution in [1.29, 1.82) is 5.26 Å². The summed E-state index contributed by atoms with van der Waals surface area (Å²) in [6.45, 7) is 5.11. The summed E-state index contributed by atoms with van der Waals surface area (Å²) in [6, 6.07) is 7.18. The maximum Gasteiger partial charge on any atom is 0.238 e. The Morgan fingerprint density at radius 3 is 3.00 bits per heavy atom. The van der Waals surface area contributed by atoms with Gasteiger partial charge in [-0.15, -0.1) is 0 Å². The summed E-state index contributed by atoms with van der Waals surface area (Å²) >= 11 is 0. The molecule has 8 heteroatoms. The first-order valence-corrected chi connectivity index (χ1v) is 11.4. The van der Waals surface area contributed by atoms with Crippen LogP contribution in [0, 0.1) is 23.1 Å². The third-order valence-corrected chi connectivity index (χ3v) is 7.38. The van der Waals surface area contributed by atoms with Crippen LogP contribution in [0.3, 0.4) is 0 Å². The number of piperidine rings is 1. The second-order valence-corrected chi connectivity index (χ2v) is 9.30. The first-order chi connectivity index (χ1) is 15.1. The van der Waals surface area contributed by atoms with Crippen molar-refractivity contribution in [3.8, 4) is 6.07 Å². The summed E-state index contributed by atoms with van der Waals surface area (Å²) in [5.74, 6) is -0.105. The zero-order valence-corrected chi connectivity index (χ0v) is 17.7. The Balaban J connectivity index is 1.20. The highest BCUT2D eigenvalue weighted by molar-refractivity contribution is 5.83. The maximum absolute atomic E-state index is 14.9. The molecule has 4 fully saturated rings. The lowest BCUT2D eigenvalue weighted by Crippen LogP contribution is -2.58. The monoisotopic (exact) mass is 427 g/mol. The zero-order chi connectivity index (χ0) is 21.4. The van der Waals surface area contributed by atoms with Crippen molar-refractivity contribution in [2.75, 3.05) is 44.3 Å². The quantitative estimate of drug-likeness (QED) is 0.731. The molecule has 7 nitrogen and oxygen atoms in total. The number of morpholine rings is 1. The topological polar surface area (TPSA) is 80.6 Å². The van der Waals surface area contributed by atoms with E-state index in [-0.39, 0.29) is 24.2 Å². The maximum atomic E-state index is 14.9. The summed E-state index contributed by atoms with van der Waals surface area (Å²) in [5, 5.41) is 15.7. The highest BCUT2D eigenvalue weighted by Gasteiger charge is 2.43. The molecule has 1 aromatic carbocycles. The number of amides is 1. The molecule has 31 heavy (non-hydrogen) atoms. The Morgan fingerprint density at radius 2 is 2.26 bits per heavy atom. The summed E-state index contributed by atoms with van der Waals surface area (Å²) in [7, 11) is 0. The van der Waals surface area contributed by atoms with Crippen LogP contribution in [0.1, 0.15) is 24.8 Å². The van der Waals surface area contributed by atoms with Gasteiger partial charge in [0.05, 0.1) is 31.4 Å². The number of nitrogens with one attached hydrogen (secondary N) is 2. The minimum Gasteiger partial charge on any atom is -0.378 e. The first kappa shape index (κ1) is 20.7. The molecular formula is C23H30FN5O2. The highest BCUT2D eigenvalue weighted by Crippen LogP contribution is 2.35. The van der Waals surface area contributed by atoms with Crippen LogP contribution in [-0.2, 0) is 16.0 Å². The molecule has 3 aliphatic heterocycles. The van der Waals surface area contributed by atoms with E-state index in [0.717, 1.165) is 64.3 Å². The standard InChI is InChI=1S/C23H30FN5O2/c24-21-11-19(29-6-5-28-7-8-31-14-20(28)13-29)4-2-15(21)9-18(12-25)27-23(30)22-16-1-3-17(10-16)26-22/h2,4,11,16-18,20,22,26H,1,3,5-10,13-14H2,(H,27,30)/t16-,17+,18-,20+,22-/m0/s1. The van der Waals surface area contributed by atoms with Gasteiger partial charge in [0, 0.05) is 44.3 Å². The molecule has 1 saturated carbocycles. The molecular weight excluding hydrogens is 397 g/mol. The number of nitrogens with zero attached hydrogens (tertiary/aromatic N) is 3. The fourth-order valence-corrected chi connectivity index (χ4v) is 5.64. The molecule has 0 unspecified atom stereocenters. The van der Waals surface area contributed by atoms with E-state index in [1.54, 1.807) is 12.1 Å². The van der Waals surface area contributed by atoms with Gasteiger partial charge < -0.3 is 20.3 Å². The fourth-order valence-electron chi connectivity index (χ4n) is 5.64. The van der Waals surface area contributed by atoms with E-state index < -0.39 is 6.04 Å². The normalized spacial score (nSPS) is 31.2. The highest BCUT2D eigenvalue weighted by atomic mass is 19.1. The second kappa shape index (κ2) is 8.73. The Labute approximate surface area is 182 Å². The van der Waals surface area contributed by atoms with Gasteiger partial charge in [0.2, 0.25) is 5.91 Å². The molecule has 5 rings (SSSR count). The van der Waals surface area contributed by atoms with Gasteiger partial charge in [-0.05, 0) is 42.9 Å². The molecule has 5 atom stereocenters. The largest absolute Gasteiger partial charge is 0.378 e. The Morgan fingerprint density at radius 1 is 1.35 bits per heavy atom. The van der Waals surface area contributed by atoms with E-state index >= 15 is 0 Å². The molecule has 0 radical (unpaired) electrons. The minimum atomic E-state index is -0.739. The zero-order valence-electron chi connectivity index (χ0n) is 17.7. The Hall–Kier alpha value is -2.21. The number of rotatable bonds is 5. The van der Waals surface area contributed by atoms with Crippen molar-refractivity contribution >= 4 is 11.6 Å². The third-order valence-electron chi connectivity index (χ3n) is 7.38. The van der Waals surface area contributed by atoms with E-state index in [9.17, 15) is 14.4 Å². The van der Waals surface area contributed by atoms with Crippen LogP contribution in [0.15, 0.2) is 18.2 Å². The van der Waals surface area contributed by atoms with Crippen molar-refractivity contribution in [3.63, 3.8) is 0 Å². The van der Waals surface area contributed by atoms with Gasteiger partial charge in [0.25, 0.3) is 0 Å². The average Bonchev–Trinajstić information content (AvgIpc) is 3.43. The minimum absolute atomic E-state index is 0.136. The van der Waals surface area contributed by atoms with Crippen LogP contribution in [0.5, 0.6) is 0 Å². The Bertz CT molecular complexity index is 874. The number of halogens is 1. The van der Waals surface area contributed by atoms with Gasteiger partial charge in [0.15, 0.2) is 0 Å². The van der Waals surface area contributed by atoms with E-state index in [2.05, 4.69) is 26.5 Å². The number of ether oxygens (including phenoxy) is 1. The number of carbonyl (C=O) groups excluding carboxylic acids is 1. The van der Waals surface area contributed by atoms with Gasteiger partial charge in [-0.2, -0.15) is 5.26 Å². The molecule has 1 aliphatic carbocycles. The molecule has 3 heterocycles. The summed E-state index contributed by atoms with van der Waals surface area (Å²) in [4.78, 5) is 17.3. The summed E-state index contributed by atoms with van der Waals surface area (Å²) in [6.07, 6.45) is 3.38. The van der Waals surface area contributed by atoms with Gasteiger partial charge in [-0.25, -0.2) is 4.39 Å². The van der Waals surface area contributed by atoms with Crippen molar-refractivity contribution in [2.24, 2.45) is 5.92 Å². The summed E-state index contributed by atoms with van der Waals surface area (Å²) in [5.41, 5.74) is 1.31. The smallest absolute Gasteiger partial charge is 0.238 e. The van der Waals surface area contributed by atoms with Crippen molar-refractivity contribution in [1.82, 2.24) is 15.5 Å². The number of piperazine rings is 1. The number of hydrogen-bond donors (Lipinski definition) is 2. The van der Waals surface area contributed by atoms with Gasteiger partial charge in [-0.3, -0.25) is 9.69 Å². The number of benzene rings is 1. The molecule has 2 N–H and O–H groups in total. The van der Waals surface area contributed by atoms with Gasteiger partial charge in [-0.1, -0.05) is 6.07 Å². The van der Waals surface area contributed by atoms with Crippen molar-refractivity contribution < 1.29 is 13.9 Å². The van der Waals surface area contributed by atoms with E-state index in [0.29, 0.717) is 23.6 Å². The van der Waals surface area contributed by atoms with Crippen LogP contribution in [0.25, 0.3) is 0 Å². The van der Waals surface area contributed by atoms with Crippen LogP contribution in [0.4, 0.5) is 10.1 Å². The lowest BCUT2D eigenvalue weighted by atomic mass is 9.98. The fraction of sp³-hybridized carbons (Fsp3) is 0.652. The number of nitriles is 1. The van der Waals surface area contributed by atoms with Gasteiger partial charge in [0.1, 0.15) is 11.9 Å². The molecule has 0 spiro atoms. The SMILES string of the molecule is N#C[C@H](Cc1ccc(N2CCN3CCOC[C@H]3C2)cc1F)NC(=O)[C@H]1N[C@@H]2CC[C@H]1C2. The third kappa shape index (κ3) is 4.27. The summed E-state index contributed by atoms with van der Waals surface area (Å²) < 4.78 is 20.5. The molecule has 4 aliphatic rings. The van der Waals surface area contributed by atoms with Crippen LogP contribution < -0.4 is 15.5 Å². The second-order valence-electron chi connectivity index (χ2n) is 9.30. The molecule has 3 saturated heterocycles. The van der Waals surface area contributed by atoms with E-state index in [4.69, 9.17) is 4.74 Å². The number of carbonyl (C=O) groups is 1. The predicted octanol–water partition coefficient (Wildman–Crippen LogP) is 1.04. The van der Waals surface area contributed by atoms with Gasteiger partial charge >= 0.3 is 0 Å². The first-order valence-electron chi connectivity index (χ1n) is 11.4. The number of fused-ring (bicyclic) bond motifs is 3. The molecule has 166 valence electrons. The van der Waals surface area contributed by atoms with E-state index in [1.165, 1.54) is 0 Å². The number of anilines is 1. The molecule has 0 aromatic heterocycles. The average molecular weight is 428 g/mol. The molecule has 1 amide bonds. The van der Waals surface area contributed by atoms with Crippen LogP contribution in [0.2, 0.25) is 0 Å². The van der Waals surface area contributed by atoms with Crippen LogP contribution in [-0.4, -0.2) is 74.4 Å².